The monoisotopic (exact) mass is 269 g/mol. The molecule has 104 valence electrons. The number of rotatable bonds is 7. The molecule has 0 heterocycles. The molecule has 6 nitrogen and oxygen atoms in total. The van der Waals surface area contributed by atoms with Crippen molar-refractivity contribution < 1.29 is 18.7 Å². The van der Waals surface area contributed by atoms with E-state index in [0.29, 0.717) is 12.8 Å². The van der Waals surface area contributed by atoms with E-state index in [0.717, 1.165) is 6.07 Å². The van der Waals surface area contributed by atoms with Gasteiger partial charge in [-0.1, -0.05) is 6.07 Å². The lowest BCUT2D eigenvalue weighted by atomic mass is 10.2. The minimum atomic E-state index is -0.879. The van der Waals surface area contributed by atoms with Crippen LogP contribution in [0.3, 0.4) is 0 Å². The predicted molar refractivity (Wildman–Crippen MR) is 66.6 cm³/mol. The number of nitrogens with one attached hydrogen (secondary N) is 1. The number of unbranched alkanes of at least 4 members (excludes halogenated alkanes) is 1. The van der Waals surface area contributed by atoms with Crippen molar-refractivity contribution in [3.05, 3.63) is 29.6 Å². The zero-order valence-corrected chi connectivity index (χ0v) is 10.3. The van der Waals surface area contributed by atoms with Gasteiger partial charge in [0, 0.05) is 6.42 Å². The van der Waals surface area contributed by atoms with E-state index in [1.54, 1.807) is 0 Å². The third kappa shape index (κ3) is 4.55. The Morgan fingerprint density at radius 2 is 2.05 bits per heavy atom. The van der Waals surface area contributed by atoms with Crippen LogP contribution in [0.15, 0.2) is 18.2 Å². The molecule has 0 aromatic heterocycles. The van der Waals surface area contributed by atoms with E-state index in [1.807, 2.05) is 5.43 Å². The van der Waals surface area contributed by atoms with E-state index in [2.05, 4.69) is 0 Å². The van der Waals surface area contributed by atoms with Crippen molar-refractivity contribution in [2.24, 2.45) is 11.6 Å². The van der Waals surface area contributed by atoms with Crippen LogP contribution < -0.4 is 21.7 Å². The Balaban J connectivity index is 2.48. The first-order valence-corrected chi connectivity index (χ1v) is 5.76. The van der Waals surface area contributed by atoms with Crippen LogP contribution in [-0.4, -0.2) is 18.4 Å². The van der Waals surface area contributed by atoms with Crippen LogP contribution >= 0.6 is 0 Å². The molecule has 0 radical (unpaired) electrons. The minimum Gasteiger partial charge on any atom is -0.493 e. The molecule has 7 heteroatoms. The number of nitrogens with two attached hydrogens (primary N) is 2. The Hall–Kier alpha value is -2.15. The highest BCUT2D eigenvalue weighted by Gasteiger charge is 2.14. The third-order valence-corrected chi connectivity index (χ3v) is 2.44. The number of hydrazine groups is 1. The van der Waals surface area contributed by atoms with Crippen LogP contribution in [0.25, 0.3) is 0 Å². The van der Waals surface area contributed by atoms with Crippen molar-refractivity contribution in [2.75, 3.05) is 6.61 Å². The number of primary amides is 1. The smallest absolute Gasteiger partial charge is 0.255 e. The number of amides is 2. The predicted octanol–water partition coefficient (Wildman–Crippen LogP) is 0.464. The molecule has 0 fully saturated rings. The summed E-state index contributed by atoms with van der Waals surface area (Å²) < 4.78 is 18.7. The standard InChI is InChI=1S/C12H16FN3O3/c13-8-4-3-5-9(11(8)12(14)18)19-7-2-1-6-10(17)16-15/h3-5H,1-2,6-7,15H2,(H2,14,18)(H,16,17). The Labute approximate surface area is 109 Å². The highest BCUT2D eigenvalue weighted by atomic mass is 19.1. The van der Waals surface area contributed by atoms with E-state index in [-0.39, 0.29) is 30.2 Å². The molecule has 1 aromatic carbocycles. The first kappa shape index (κ1) is 14.9. The number of carbonyl (C=O) groups is 2. The van der Waals surface area contributed by atoms with Gasteiger partial charge >= 0.3 is 0 Å². The molecule has 0 unspecified atom stereocenters. The maximum atomic E-state index is 13.4. The van der Waals surface area contributed by atoms with E-state index in [4.69, 9.17) is 16.3 Å². The zero-order valence-electron chi connectivity index (χ0n) is 10.3. The van der Waals surface area contributed by atoms with Gasteiger partial charge in [0.2, 0.25) is 5.91 Å². The van der Waals surface area contributed by atoms with Crippen molar-refractivity contribution in [2.45, 2.75) is 19.3 Å². The fourth-order valence-corrected chi connectivity index (χ4v) is 1.51. The fourth-order valence-electron chi connectivity index (χ4n) is 1.51. The van der Waals surface area contributed by atoms with Gasteiger partial charge in [0.05, 0.1) is 6.61 Å². The number of benzene rings is 1. The van der Waals surface area contributed by atoms with Crippen LogP contribution in [0.4, 0.5) is 4.39 Å². The van der Waals surface area contributed by atoms with Crippen LogP contribution in [0.5, 0.6) is 5.75 Å². The molecule has 0 aliphatic carbocycles. The Bertz CT molecular complexity index is 466. The molecule has 0 atom stereocenters. The Morgan fingerprint density at radius 1 is 1.32 bits per heavy atom. The molecule has 0 bridgehead atoms. The number of halogens is 1. The molecule has 2 amide bonds. The molecular formula is C12H16FN3O3. The summed E-state index contributed by atoms with van der Waals surface area (Å²) in [5.41, 5.74) is 6.83. The molecule has 0 saturated carbocycles. The van der Waals surface area contributed by atoms with Crippen LogP contribution in [0, 0.1) is 5.82 Å². The van der Waals surface area contributed by atoms with Gasteiger partial charge < -0.3 is 10.5 Å². The van der Waals surface area contributed by atoms with Gasteiger partial charge in [0.15, 0.2) is 0 Å². The van der Waals surface area contributed by atoms with Gasteiger partial charge in [-0.05, 0) is 25.0 Å². The van der Waals surface area contributed by atoms with Crippen LogP contribution in [0.1, 0.15) is 29.6 Å². The van der Waals surface area contributed by atoms with Gasteiger partial charge in [-0.2, -0.15) is 0 Å². The second-order valence-corrected chi connectivity index (χ2v) is 3.85. The lowest BCUT2D eigenvalue weighted by molar-refractivity contribution is -0.121. The molecule has 0 spiro atoms. The normalized spacial score (nSPS) is 10.0. The summed E-state index contributed by atoms with van der Waals surface area (Å²) in [6.07, 6.45) is 1.43. The van der Waals surface area contributed by atoms with Crippen molar-refractivity contribution in [1.29, 1.82) is 0 Å². The average molecular weight is 269 g/mol. The van der Waals surface area contributed by atoms with E-state index in [9.17, 15) is 14.0 Å². The molecule has 1 rings (SSSR count). The maximum Gasteiger partial charge on any atom is 0.255 e. The van der Waals surface area contributed by atoms with Crippen molar-refractivity contribution in [3.63, 3.8) is 0 Å². The summed E-state index contributed by atoms with van der Waals surface area (Å²) >= 11 is 0. The van der Waals surface area contributed by atoms with Crippen LogP contribution in [0.2, 0.25) is 0 Å². The third-order valence-electron chi connectivity index (χ3n) is 2.44. The number of hydrogen-bond donors (Lipinski definition) is 3. The molecule has 5 N–H and O–H groups in total. The van der Waals surface area contributed by atoms with Gasteiger partial charge in [0.1, 0.15) is 17.1 Å². The van der Waals surface area contributed by atoms with Gasteiger partial charge in [-0.3, -0.25) is 15.0 Å². The number of hydrogen-bond acceptors (Lipinski definition) is 4. The van der Waals surface area contributed by atoms with Crippen LogP contribution in [-0.2, 0) is 4.79 Å². The fraction of sp³-hybridized carbons (Fsp3) is 0.333. The maximum absolute atomic E-state index is 13.4. The SMILES string of the molecule is NNC(=O)CCCCOc1cccc(F)c1C(N)=O. The summed E-state index contributed by atoms with van der Waals surface area (Å²) in [5, 5.41) is 0. The first-order valence-electron chi connectivity index (χ1n) is 5.76. The van der Waals surface area contributed by atoms with E-state index >= 15 is 0 Å². The number of ether oxygens (including phenoxy) is 1. The first-order chi connectivity index (χ1) is 9.06. The molecule has 0 aliphatic rings. The molecule has 19 heavy (non-hydrogen) atoms. The Morgan fingerprint density at radius 3 is 2.68 bits per heavy atom. The second kappa shape index (κ2) is 7.32. The second-order valence-electron chi connectivity index (χ2n) is 3.85. The van der Waals surface area contributed by atoms with Crippen molar-refractivity contribution >= 4 is 11.8 Å². The topological polar surface area (TPSA) is 107 Å². The summed E-state index contributed by atoms with van der Waals surface area (Å²) in [4.78, 5) is 21.9. The summed E-state index contributed by atoms with van der Waals surface area (Å²) in [6, 6.07) is 4.03. The summed E-state index contributed by atoms with van der Waals surface area (Å²) in [7, 11) is 0. The van der Waals surface area contributed by atoms with Gasteiger partial charge in [-0.25, -0.2) is 10.2 Å². The van der Waals surface area contributed by atoms with Crippen molar-refractivity contribution in [3.8, 4) is 5.75 Å². The molecule has 0 aliphatic heterocycles. The highest BCUT2D eigenvalue weighted by Crippen LogP contribution is 2.21. The largest absolute Gasteiger partial charge is 0.493 e. The quantitative estimate of drug-likeness (QED) is 0.289. The summed E-state index contributed by atoms with van der Waals surface area (Å²) in [5.74, 6) is 3.18. The lowest BCUT2D eigenvalue weighted by Gasteiger charge is -2.09. The summed E-state index contributed by atoms with van der Waals surface area (Å²) in [6.45, 7) is 0.252. The Kier molecular flexibility index (Phi) is 5.74. The lowest BCUT2D eigenvalue weighted by Crippen LogP contribution is -2.29. The van der Waals surface area contributed by atoms with E-state index in [1.165, 1.54) is 12.1 Å². The van der Waals surface area contributed by atoms with E-state index < -0.39 is 11.7 Å². The minimum absolute atomic E-state index is 0.107. The molecule has 0 saturated heterocycles. The van der Waals surface area contributed by atoms with Gasteiger partial charge in [0.25, 0.3) is 5.91 Å². The number of carbonyl (C=O) groups excluding carboxylic acids is 2. The zero-order chi connectivity index (χ0) is 14.3. The van der Waals surface area contributed by atoms with Crippen molar-refractivity contribution in [1.82, 2.24) is 5.43 Å². The average Bonchev–Trinajstić information content (AvgIpc) is 2.37. The molecule has 1 aromatic rings. The van der Waals surface area contributed by atoms with Gasteiger partial charge in [-0.15, -0.1) is 0 Å². The highest BCUT2D eigenvalue weighted by molar-refractivity contribution is 5.95. The molecular weight excluding hydrogens is 253 g/mol.